The highest BCUT2D eigenvalue weighted by Gasteiger charge is 2.21. The number of benzene rings is 2. The van der Waals surface area contributed by atoms with Crippen molar-refractivity contribution in [3.8, 4) is 5.75 Å². The molecule has 0 spiro atoms. The Balaban J connectivity index is 1.32. The Morgan fingerprint density at radius 1 is 1.19 bits per heavy atom. The lowest BCUT2D eigenvalue weighted by Crippen LogP contribution is -2.40. The highest BCUT2D eigenvalue weighted by molar-refractivity contribution is 5.77. The topological polar surface area (TPSA) is 50.8 Å². The molecule has 27 heavy (non-hydrogen) atoms. The molecule has 2 aromatic carbocycles. The normalized spacial score (nSPS) is 17.4. The van der Waals surface area contributed by atoms with E-state index in [1.165, 1.54) is 17.7 Å². The number of morpholine rings is 1. The van der Waals surface area contributed by atoms with Crippen LogP contribution in [0.4, 0.5) is 4.39 Å². The van der Waals surface area contributed by atoms with Crippen molar-refractivity contribution < 1.29 is 18.7 Å². The van der Waals surface area contributed by atoms with Crippen molar-refractivity contribution in [2.24, 2.45) is 0 Å². The summed E-state index contributed by atoms with van der Waals surface area (Å²) < 4.78 is 24.5. The first kappa shape index (κ1) is 19.3. The van der Waals surface area contributed by atoms with Crippen LogP contribution < -0.4 is 10.1 Å². The van der Waals surface area contributed by atoms with Crippen molar-refractivity contribution in [1.82, 2.24) is 10.2 Å². The smallest absolute Gasteiger partial charge is 0.257 e. The van der Waals surface area contributed by atoms with E-state index < -0.39 is 5.82 Å². The van der Waals surface area contributed by atoms with E-state index in [9.17, 15) is 9.18 Å². The summed E-state index contributed by atoms with van der Waals surface area (Å²) in [7, 11) is 0. The molecule has 144 valence electrons. The number of nitrogens with zero attached hydrogens (tertiary/aromatic N) is 1. The van der Waals surface area contributed by atoms with E-state index in [0.717, 1.165) is 26.1 Å². The van der Waals surface area contributed by atoms with Crippen LogP contribution in [-0.2, 0) is 9.53 Å². The third-order valence-electron chi connectivity index (χ3n) is 4.49. The zero-order valence-electron chi connectivity index (χ0n) is 15.3. The first-order valence-electron chi connectivity index (χ1n) is 9.25. The number of nitrogens with one attached hydrogen (secondary N) is 1. The fourth-order valence-corrected chi connectivity index (χ4v) is 3.06. The molecule has 0 aromatic heterocycles. The van der Waals surface area contributed by atoms with Gasteiger partial charge in [0, 0.05) is 26.2 Å². The van der Waals surface area contributed by atoms with Crippen molar-refractivity contribution >= 4 is 5.91 Å². The number of hydrogen-bond acceptors (Lipinski definition) is 4. The van der Waals surface area contributed by atoms with E-state index in [4.69, 9.17) is 9.47 Å². The second kappa shape index (κ2) is 10.0. The number of amides is 1. The molecule has 0 aliphatic carbocycles. The van der Waals surface area contributed by atoms with E-state index in [1.54, 1.807) is 12.1 Å². The van der Waals surface area contributed by atoms with Gasteiger partial charge >= 0.3 is 0 Å². The summed E-state index contributed by atoms with van der Waals surface area (Å²) in [5, 5.41) is 2.81. The van der Waals surface area contributed by atoms with E-state index in [0.29, 0.717) is 13.2 Å². The molecule has 0 bridgehead atoms. The Hall–Kier alpha value is -2.44. The Labute approximate surface area is 159 Å². The van der Waals surface area contributed by atoms with E-state index >= 15 is 0 Å². The van der Waals surface area contributed by atoms with Gasteiger partial charge < -0.3 is 14.8 Å². The van der Waals surface area contributed by atoms with Gasteiger partial charge in [0.25, 0.3) is 5.91 Å². The molecule has 1 atom stereocenters. The fraction of sp³-hybridized carbons (Fsp3) is 0.381. The standard InChI is InChI=1S/C21H25FN2O3/c22-18-9-4-5-10-19(18)27-16-21(25)23-11-6-12-24-13-14-26-20(15-24)17-7-2-1-3-8-17/h1-5,7-10,20H,6,11-16H2,(H,23,25)/t20-/m0/s1. The van der Waals surface area contributed by atoms with Crippen molar-refractivity contribution in [1.29, 1.82) is 0 Å². The van der Waals surface area contributed by atoms with Crippen LogP contribution in [0.25, 0.3) is 0 Å². The largest absolute Gasteiger partial charge is 0.481 e. The summed E-state index contributed by atoms with van der Waals surface area (Å²) in [6, 6.07) is 16.3. The van der Waals surface area contributed by atoms with Gasteiger partial charge in [-0.05, 0) is 24.1 Å². The Kier molecular flexibility index (Phi) is 7.19. The van der Waals surface area contributed by atoms with Gasteiger partial charge in [-0.25, -0.2) is 4.39 Å². The molecule has 1 fully saturated rings. The van der Waals surface area contributed by atoms with Crippen LogP contribution in [0.1, 0.15) is 18.1 Å². The first-order valence-corrected chi connectivity index (χ1v) is 9.25. The number of rotatable bonds is 8. The third-order valence-corrected chi connectivity index (χ3v) is 4.49. The number of ether oxygens (including phenoxy) is 2. The highest BCUT2D eigenvalue weighted by Crippen LogP contribution is 2.21. The molecule has 1 heterocycles. The van der Waals surface area contributed by atoms with Crippen LogP contribution >= 0.6 is 0 Å². The molecule has 0 saturated carbocycles. The summed E-state index contributed by atoms with van der Waals surface area (Å²) in [6.07, 6.45) is 0.941. The maximum absolute atomic E-state index is 13.4. The molecule has 5 nitrogen and oxygen atoms in total. The fourth-order valence-electron chi connectivity index (χ4n) is 3.06. The SMILES string of the molecule is O=C(COc1ccccc1F)NCCCN1CCO[C@H](c2ccccc2)C1. The minimum absolute atomic E-state index is 0.0907. The van der Waals surface area contributed by atoms with Gasteiger partial charge in [0.05, 0.1) is 12.7 Å². The molecule has 1 saturated heterocycles. The Morgan fingerprint density at radius 3 is 2.78 bits per heavy atom. The van der Waals surface area contributed by atoms with Crippen LogP contribution in [0.3, 0.4) is 0 Å². The van der Waals surface area contributed by atoms with E-state index in [1.807, 2.05) is 18.2 Å². The molecule has 3 rings (SSSR count). The molecule has 2 aromatic rings. The lowest BCUT2D eigenvalue weighted by molar-refractivity contribution is -0.123. The Bertz CT molecular complexity index is 726. The van der Waals surface area contributed by atoms with Crippen molar-refractivity contribution in [3.05, 3.63) is 66.0 Å². The molecule has 6 heteroatoms. The molecular formula is C21H25FN2O3. The van der Waals surface area contributed by atoms with Gasteiger partial charge in [-0.2, -0.15) is 0 Å². The zero-order valence-corrected chi connectivity index (χ0v) is 15.3. The average Bonchev–Trinajstić information content (AvgIpc) is 2.71. The molecular weight excluding hydrogens is 347 g/mol. The zero-order chi connectivity index (χ0) is 18.9. The van der Waals surface area contributed by atoms with Gasteiger partial charge in [-0.15, -0.1) is 0 Å². The van der Waals surface area contributed by atoms with Crippen LogP contribution in [0, 0.1) is 5.82 Å². The lowest BCUT2D eigenvalue weighted by atomic mass is 10.1. The van der Waals surface area contributed by atoms with Gasteiger partial charge in [0.2, 0.25) is 0 Å². The summed E-state index contributed by atoms with van der Waals surface area (Å²) in [4.78, 5) is 14.2. The molecule has 1 aliphatic heterocycles. The lowest BCUT2D eigenvalue weighted by Gasteiger charge is -2.33. The van der Waals surface area contributed by atoms with Crippen molar-refractivity contribution in [3.63, 3.8) is 0 Å². The maximum Gasteiger partial charge on any atom is 0.257 e. The van der Waals surface area contributed by atoms with Crippen molar-refractivity contribution in [2.75, 3.05) is 39.4 Å². The second-order valence-electron chi connectivity index (χ2n) is 6.49. The van der Waals surface area contributed by atoms with Crippen LogP contribution in [-0.4, -0.2) is 50.2 Å². The number of para-hydroxylation sites is 1. The quantitative estimate of drug-likeness (QED) is 0.724. The third kappa shape index (κ3) is 6.05. The van der Waals surface area contributed by atoms with Gasteiger partial charge in [-0.1, -0.05) is 42.5 Å². The van der Waals surface area contributed by atoms with E-state index in [2.05, 4.69) is 22.3 Å². The molecule has 1 amide bonds. The molecule has 1 N–H and O–H groups in total. The predicted molar refractivity (Wildman–Crippen MR) is 101 cm³/mol. The predicted octanol–water partition coefficient (Wildman–Crippen LogP) is 2.78. The number of carbonyl (C=O) groups is 1. The van der Waals surface area contributed by atoms with Gasteiger partial charge in [0.15, 0.2) is 18.2 Å². The van der Waals surface area contributed by atoms with Crippen molar-refractivity contribution in [2.45, 2.75) is 12.5 Å². The molecule has 0 radical (unpaired) electrons. The van der Waals surface area contributed by atoms with Gasteiger partial charge in [-0.3, -0.25) is 9.69 Å². The summed E-state index contributed by atoms with van der Waals surface area (Å²) in [6.45, 7) is 3.73. The minimum Gasteiger partial charge on any atom is -0.481 e. The monoisotopic (exact) mass is 372 g/mol. The van der Waals surface area contributed by atoms with Gasteiger partial charge in [0.1, 0.15) is 0 Å². The summed E-state index contributed by atoms with van der Waals surface area (Å²) >= 11 is 0. The molecule has 0 unspecified atom stereocenters. The maximum atomic E-state index is 13.4. The average molecular weight is 372 g/mol. The summed E-state index contributed by atoms with van der Waals surface area (Å²) in [5.74, 6) is -0.624. The van der Waals surface area contributed by atoms with Crippen LogP contribution in [0.15, 0.2) is 54.6 Å². The number of carbonyl (C=O) groups excluding carboxylic acids is 1. The Morgan fingerprint density at radius 2 is 1.96 bits per heavy atom. The number of halogens is 1. The number of hydrogen-bond donors (Lipinski definition) is 1. The minimum atomic E-state index is -0.467. The van der Waals surface area contributed by atoms with Crippen LogP contribution in [0.5, 0.6) is 5.75 Å². The van der Waals surface area contributed by atoms with E-state index in [-0.39, 0.29) is 24.4 Å². The highest BCUT2D eigenvalue weighted by atomic mass is 19.1. The molecule has 1 aliphatic rings. The first-order chi connectivity index (χ1) is 13.2. The van der Waals surface area contributed by atoms with Crippen LogP contribution in [0.2, 0.25) is 0 Å². The summed E-state index contributed by atoms with van der Waals surface area (Å²) in [5.41, 5.74) is 1.20. The second-order valence-corrected chi connectivity index (χ2v) is 6.49.